The Labute approximate surface area is 112 Å². The highest BCUT2D eigenvalue weighted by Gasteiger charge is 2.17. The number of carboxylic acid groups (broad SMARTS) is 1. The average Bonchev–Trinajstić information content (AvgIpc) is 2.41. The number of aliphatic carboxylic acids is 1. The normalized spacial score (nSPS) is 10.2. The van der Waals surface area contributed by atoms with Crippen LogP contribution < -0.4 is 15.1 Å². The quantitative estimate of drug-likeness (QED) is 0.630. The summed E-state index contributed by atoms with van der Waals surface area (Å²) in [4.78, 5) is 22.1. The molecule has 0 aliphatic carbocycles. The first-order valence-electron chi connectivity index (χ1n) is 5.45. The molecule has 1 aromatic heterocycles. The van der Waals surface area contributed by atoms with E-state index in [1.807, 2.05) is 0 Å². The Kier molecular flexibility index (Phi) is 3.60. The fraction of sp³-hybridized carbons (Fsp3) is 0.0769. The Balaban J connectivity index is 2.61. The molecular weight excluding hydrogens is 268 g/mol. The van der Waals surface area contributed by atoms with E-state index in [9.17, 15) is 14.7 Å². The maximum absolute atomic E-state index is 11.7. The number of hydrogen-bond donors (Lipinski definition) is 2. The molecule has 0 saturated heterocycles. The van der Waals surface area contributed by atoms with Crippen LogP contribution in [0.2, 0.25) is 0 Å². The maximum atomic E-state index is 11.7. The van der Waals surface area contributed by atoms with Crippen molar-refractivity contribution in [2.75, 3.05) is 6.61 Å². The number of ether oxygens (including phenoxy) is 2. The van der Waals surface area contributed by atoms with E-state index >= 15 is 0 Å². The highest BCUT2D eigenvalue weighted by molar-refractivity contribution is 5.89. The number of carbonyl (C=O) groups is 1. The predicted molar refractivity (Wildman–Crippen MR) is 68.1 cm³/mol. The van der Waals surface area contributed by atoms with Crippen molar-refractivity contribution >= 4 is 16.9 Å². The smallest absolute Gasteiger partial charge is 0.383 e. The lowest BCUT2D eigenvalue weighted by molar-refractivity contribution is -0.139. The molecule has 2 N–H and O–H groups in total. The molecule has 0 saturated carbocycles. The van der Waals surface area contributed by atoms with Crippen LogP contribution in [-0.4, -0.2) is 22.8 Å². The summed E-state index contributed by atoms with van der Waals surface area (Å²) in [7, 11) is 0. The molecule has 0 unspecified atom stereocenters. The summed E-state index contributed by atoms with van der Waals surface area (Å²) in [5.41, 5.74) is -0.992. The van der Waals surface area contributed by atoms with E-state index in [2.05, 4.69) is 6.58 Å². The predicted octanol–water partition coefficient (Wildman–Crippen LogP) is 1.48. The molecule has 0 fully saturated rings. The molecule has 1 aromatic carbocycles. The summed E-state index contributed by atoms with van der Waals surface area (Å²) in [6, 6.07) is 4.40. The van der Waals surface area contributed by atoms with Crippen molar-refractivity contribution in [3.63, 3.8) is 0 Å². The van der Waals surface area contributed by atoms with E-state index in [0.717, 1.165) is 6.26 Å². The maximum Gasteiger partial charge on any atom is 0.383 e. The van der Waals surface area contributed by atoms with Crippen LogP contribution in [0.3, 0.4) is 0 Å². The van der Waals surface area contributed by atoms with Gasteiger partial charge in [-0.2, -0.15) is 0 Å². The number of para-hydroxylation sites is 1. The zero-order valence-corrected chi connectivity index (χ0v) is 10.2. The number of benzene rings is 1. The number of aromatic hydroxyl groups is 1. The van der Waals surface area contributed by atoms with Crippen LogP contribution in [0.4, 0.5) is 0 Å². The minimum atomic E-state index is -1.18. The summed E-state index contributed by atoms with van der Waals surface area (Å²) in [6.07, 6.45) is 0.975. The van der Waals surface area contributed by atoms with E-state index in [-0.39, 0.29) is 16.7 Å². The van der Waals surface area contributed by atoms with Crippen LogP contribution in [0.1, 0.15) is 0 Å². The third kappa shape index (κ3) is 2.41. The van der Waals surface area contributed by atoms with Crippen molar-refractivity contribution in [1.29, 1.82) is 0 Å². The molecule has 2 rings (SSSR count). The van der Waals surface area contributed by atoms with Crippen molar-refractivity contribution in [2.45, 2.75) is 0 Å². The Bertz CT molecular complexity index is 729. The van der Waals surface area contributed by atoms with Gasteiger partial charge in [-0.3, -0.25) is 0 Å². The molecule has 0 bridgehead atoms. The molecule has 0 atom stereocenters. The fourth-order valence-corrected chi connectivity index (χ4v) is 1.61. The molecule has 0 radical (unpaired) electrons. The summed E-state index contributed by atoms with van der Waals surface area (Å²) < 4.78 is 14.8. The van der Waals surface area contributed by atoms with Crippen molar-refractivity contribution in [3.05, 3.63) is 41.5 Å². The molecule has 0 aliphatic rings. The van der Waals surface area contributed by atoms with Crippen LogP contribution in [0.5, 0.6) is 17.2 Å². The minimum absolute atomic E-state index is 0.0300. The van der Waals surface area contributed by atoms with Gasteiger partial charge in [-0.1, -0.05) is 12.6 Å². The molecular formula is C13H10O7. The lowest BCUT2D eigenvalue weighted by Crippen LogP contribution is -2.10. The van der Waals surface area contributed by atoms with Gasteiger partial charge in [0, 0.05) is 0 Å². The second-order valence-electron chi connectivity index (χ2n) is 3.67. The van der Waals surface area contributed by atoms with Gasteiger partial charge in [-0.15, -0.1) is 0 Å². The first-order valence-corrected chi connectivity index (χ1v) is 5.45. The van der Waals surface area contributed by atoms with Crippen molar-refractivity contribution in [3.8, 4) is 17.2 Å². The van der Waals surface area contributed by atoms with E-state index in [4.69, 9.17) is 19.0 Å². The Morgan fingerprint density at radius 1 is 1.45 bits per heavy atom. The van der Waals surface area contributed by atoms with Gasteiger partial charge in [0.2, 0.25) is 0 Å². The van der Waals surface area contributed by atoms with Crippen LogP contribution in [-0.2, 0) is 4.79 Å². The van der Waals surface area contributed by atoms with Crippen molar-refractivity contribution < 1.29 is 28.9 Å². The fourth-order valence-electron chi connectivity index (χ4n) is 1.61. The molecule has 0 aliphatic heterocycles. The largest absolute Gasteiger partial charge is 0.504 e. The summed E-state index contributed by atoms with van der Waals surface area (Å²) >= 11 is 0. The molecule has 20 heavy (non-hydrogen) atoms. The van der Waals surface area contributed by atoms with Gasteiger partial charge >= 0.3 is 11.6 Å². The average molecular weight is 278 g/mol. The second-order valence-corrected chi connectivity index (χ2v) is 3.67. The van der Waals surface area contributed by atoms with Crippen LogP contribution in [0.15, 0.2) is 40.3 Å². The molecule has 2 aromatic rings. The van der Waals surface area contributed by atoms with E-state index in [1.165, 1.54) is 18.2 Å². The van der Waals surface area contributed by atoms with Crippen LogP contribution >= 0.6 is 0 Å². The van der Waals surface area contributed by atoms with Crippen molar-refractivity contribution in [2.24, 2.45) is 0 Å². The third-order valence-electron chi connectivity index (χ3n) is 2.38. The SMILES string of the molecule is C=COc1c(O)c2cccc(OCC(=O)O)c2oc1=O. The van der Waals surface area contributed by atoms with E-state index < -0.39 is 29.7 Å². The molecule has 0 spiro atoms. The minimum Gasteiger partial charge on any atom is -0.504 e. The first-order chi connectivity index (χ1) is 9.54. The van der Waals surface area contributed by atoms with Gasteiger partial charge in [0.1, 0.15) is 0 Å². The molecule has 0 amide bonds. The van der Waals surface area contributed by atoms with Crippen LogP contribution in [0.25, 0.3) is 11.0 Å². The van der Waals surface area contributed by atoms with Gasteiger partial charge in [-0.05, 0) is 12.1 Å². The van der Waals surface area contributed by atoms with Gasteiger partial charge in [-0.25, -0.2) is 9.59 Å². The van der Waals surface area contributed by atoms with Gasteiger partial charge in [0.15, 0.2) is 23.7 Å². The number of carboxylic acids is 1. The van der Waals surface area contributed by atoms with E-state index in [1.54, 1.807) is 0 Å². The summed E-state index contributed by atoms with van der Waals surface area (Å²) in [5, 5.41) is 18.7. The molecule has 1 heterocycles. The third-order valence-corrected chi connectivity index (χ3v) is 2.38. The summed E-state index contributed by atoms with van der Waals surface area (Å²) in [6.45, 7) is 2.68. The van der Waals surface area contributed by atoms with E-state index in [0.29, 0.717) is 0 Å². The monoisotopic (exact) mass is 278 g/mol. The highest BCUT2D eigenvalue weighted by atomic mass is 16.5. The Morgan fingerprint density at radius 2 is 2.20 bits per heavy atom. The van der Waals surface area contributed by atoms with Gasteiger partial charge in [0.25, 0.3) is 5.75 Å². The molecule has 7 heteroatoms. The number of fused-ring (bicyclic) bond motifs is 1. The zero-order chi connectivity index (χ0) is 14.7. The molecule has 7 nitrogen and oxygen atoms in total. The number of hydrogen-bond acceptors (Lipinski definition) is 6. The van der Waals surface area contributed by atoms with Gasteiger partial charge < -0.3 is 24.1 Å². The topological polar surface area (TPSA) is 106 Å². The second kappa shape index (κ2) is 5.35. The van der Waals surface area contributed by atoms with Crippen molar-refractivity contribution in [1.82, 2.24) is 0 Å². The Hall–Kier alpha value is -2.96. The van der Waals surface area contributed by atoms with Crippen LogP contribution in [0, 0.1) is 0 Å². The number of rotatable bonds is 5. The van der Waals surface area contributed by atoms with Gasteiger partial charge in [0.05, 0.1) is 11.6 Å². The first kappa shape index (κ1) is 13.5. The summed E-state index contributed by atoms with van der Waals surface area (Å²) in [5.74, 6) is -1.98. The molecule has 104 valence electrons. The Morgan fingerprint density at radius 3 is 2.85 bits per heavy atom. The lowest BCUT2D eigenvalue weighted by atomic mass is 10.2. The standard InChI is InChI=1S/C13H10O7/c1-2-18-12-10(16)7-4-3-5-8(19-6-9(14)15)11(7)20-13(12)17/h2-5,16H,1,6H2,(H,14,15). The highest BCUT2D eigenvalue weighted by Crippen LogP contribution is 2.35. The lowest BCUT2D eigenvalue weighted by Gasteiger charge is -2.08. The zero-order valence-electron chi connectivity index (χ0n) is 10.2.